The van der Waals surface area contributed by atoms with Gasteiger partial charge in [0.25, 0.3) is 0 Å². The predicted octanol–water partition coefficient (Wildman–Crippen LogP) is 3.40. The smallest absolute Gasteiger partial charge is 0.242 e. The third-order valence-electron chi connectivity index (χ3n) is 4.98. The summed E-state index contributed by atoms with van der Waals surface area (Å²) in [6.07, 6.45) is 0.509. The third-order valence-corrected chi connectivity index (χ3v) is 7.00. The van der Waals surface area contributed by atoms with Gasteiger partial charge in [0.2, 0.25) is 15.9 Å². The number of rotatable bonds is 4. The van der Waals surface area contributed by atoms with Crippen LogP contribution in [0.3, 0.4) is 0 Å². The molecule has 0 spiro atoms. The lowest BCUT2D eigenvalue weighted by molar-refractivity contribution is -0.121. The minimum absolute atomic E-state index is 0.146. The number of ether oxygens (including phenoxy) is 1. The topological polar surface area (TPSA) is 75.7 Å². The van der Waals surface area contributed by atoms with Crippen LogP contribution < -0.4 is 10.1 Å². The van der Waals surface area contributed by atoms with Crippen LogP contribution in [0.2, 0.25) is 5.02 Å². The Labute approximate surface area is 170 Å². The molecule has 1 unspecified atom stereocenters. The van der Waals surface area contributed by atoms with Crippen molar-refractivity contribution in [3.8, 4) is 5.75 Å². The van der Waals surface area contributed by atoms with E-state index < -0.39 is 10.0 Å². The average molecular weight is 423 g/mol. The second-order valence-corrected chi connectivity index (χ2v) is 9.74. The summed E-state index contributed by atoms with van der Waals surface area (Å²) in [5, 5.41) is 3.48. The average Bonchev–Trinajstić information content (AvgIpc) is 2.64. The lowest BCUT2D eigenvalue weighted by Gasteiger charge is -2.25. The molecule has 1 aliphatic heterocycles. The van der Waals surface area contributed by atoms with Gasteiger partial charge in [0.1, 0.15) is 12.4 Å². The van der Waals surface area contributed by atoms with E-state index in [0.717, 1.165) is 26.7 Å². The van der Waals surface area contributed by atoms with E-state index in [2.05, 4.69) is 5.32 Å². The molecule has 1 amide bonds. The number of carbonyl (C=O) groups excluding carboxylic acids is 1. The van der Waals surface area contributed by atoms with Crippen LogP contribution in [-0.2, 0) is 21.2 Å². The van der Waals surface area contributed by atoms with E-state index >= 15 is 0 Å². The molecule has 0 aliphatic carbocycles. The molecule has 8 heteroatoms. The van der Waals surface area contributed by atoms with Gasteiger partial charge in [-0.05, 0) is 67.3 Å². The van der Waals surface area contributed by atoms with E-state index in [4.69, 9.17) is 16.3 Å². The Hall–Kier alpha value is -2.09. The third kappa shape index (κ3) is 4.01. The molecule has 150 valence electrons. The number of benzene rings is 2. The van der Waals surface area contributed by atoms with Crippen molar-refractivity contribution in [3.05, 3.63) is 52.0 Å². The highest BCUT2D eigenvalue weighted by atomic mass is 35.5. The number of halogens is 1. The highest BCUT2D eigenvalue weighted by molar-refractivity contribution is 7.89. The molecule has 1 N–H and O–H groups in total. The molecule has 3 rings (SSSR count). The van der Waals surface area contributed by atoms with Crippen molar-refractivity contribution in [2.75, 3.05) is 26.0 Å². The minimum atomic E-state index is -3.60. The van der Waals surface area contributed by atoms with E-state index in [1.807, 2.05) is 13.8 Å². The largest absolute Gasteiger partial charge is 0.492 e. The quantitative estimate of drug-likeness (QED) is 0.819. The van der Waals surface area contributed by atoms with Crippen LogP contribution in [0.1, 0.15) is 16.7 Å². The summed E-state index contributed by atoms with van der Waals surface area (Å²) in [6, 6.07) is 8.47. The highest BCUT2D eigenvalue weighted by Crippen LogP contribution is 2.31. The molecule has 1 aliphatic rings. The Balaban J connectivity index is 1.86. The number of sulfonamides is 1. The predicted molar refractivity (Wildman–Crippen MR) is 110 cm³/mol. The summed E-state index contributed by atoms with van der Waals surface area (Å²) in [5.41, 5.74) is 2.99. The van der Waals surface area contributed by atoms with Gasteiger partial charge in [-0.2, -0.15) is 0 Å². The first-order chi connectivity index (χ1) is 13.1. The number of nitrogens with one attached hydrogen (secondary N) is 1. The van der Waals surface area contributed by atoms with Crippen molar-refractivity contribution in [2.45, 2.75) is 25.2 Å². The van der Waals surface area contributed by atoms with Crippen molar-refractivity contribution in [1.82, 2.24) is 4.31 Å². The van der Waals surface area contributed by atoms with Crippen molar-refractivity contribution >= 4 is 33.2 Å². The molecule has 6 nitrogen and oxygen atoms in total. The number of carbonyl (C=O) groups is 1. The van der Waals surface area contributed by atoms with Gasteiger partial charge in [0, 0.05) is 24.8 Å². The fourth-order valence-corrected chi connectivity index (χ4v) is 4.29. The summed E-state index contributed by atoms with van der Waals surface area (Å²) >= 11 is 6.04. The maximum absolute atomic E-state index is 12.8. The second kappa shape index (κ2) is 7.73. The monoisotopic (exact) mass is 422 g/mol. The number of nitrogens with zero attached hydrogens (tertiary/aromatic N) is 1. The molecule has 0 bridgehead atoms. The van der Waals surface area contributed by atoms with Crippen molar-refractivity contribution < 1.29 is 17.9 Å². The molecule has 1 heterocycles. The van der Waals surface area contributed by atoms with Gasteiger partial charge >= 0.3 is 0 Å². The minimum Gasteiger partial charge on any atom is -0.492 e. The van der Waals surface area contributed by atoms with Gasteiger partial charge in [-0.25, -0.2) is 12.7 Å². The van der Waals surface area contributed by atoms with E-state index in [-0.39, 0.29) is 23.3 Å². The van der Waals surface area contributed by atoms with Gasteiger partial charge in [0.05, 0.1) is 10.8 Å². The Bertz CT molecular complexity index is 1030. The number of fused-ring (bicyclic) bond motifs is 1. The van der Waals surface area contributed by atoms with Crippen LogP contribution in [-0.4, -0.2) is 39.3 Å². The fourth-order valence-electron chi connectivity index (χ4n) is 3.08. The van der Waals surface area contributed by atoms with Crippen LogP contribution >= 0.6 is 11.6 Å². The molecule has 0 radical (unpaired) electrons. The number of amides is 1. The molecule has 28 heavy (non-hydrogen) atoms. The van der Waals surface area contributed by atoms with Crippen LogP contribution in [0.4, 0.5) is 5.69 Å². The lowest BCUT2D eigenvalue weighted by atomic mass is 9.95. The summed E-state index contributed by atoms with van der Waals surface area (Å²) in [4.78, 5) is 13.0. The first-order valence-corrected chi connectivity index (χ1v) is 10.7. The molecule has 1 atom stereocenters. The molecular formula is C20H23ClN2O4S. The van der Waals surface area contributed by atoms with Crippen LogP contribution in [0, 0.1) is 19.8 Å². The standard InChI is InChI=1S/C20H23ClN2O4S/c1-12-7-17(28(25,26)23(3)4)10-18(13(12)2)22-20(24)15-8-14-9-16(21)5-6-19(14)27-11-15/h5-7,9-10,15H,8,11H2,1-4H3,(H,22,24). The van der Waals surface area contributed by atoms with Gasteiger partial charge in [-0.15, -0.1) is 0 Å². The van der Waals surface area contributed by atoms with Gasteiger partial charge in [0.15, 0.2) is 0 Å². The van der Waals surface area contributed by atoms with E-state index in [1.54, 1.807) is 24.3 Å². The zero-order valence-corrected chi connectivity index (χ0v) is 17.8. The van der Waals surface area contributed by atoms with Gasteiger partial charge < -0.3 is 10.1 Å². The lowest BCUT2D eigenvalue weighted by Crippen LogP contribution is -2.33. The van der Waals surface area contributed by atoms with Crippen LogP contribution in [0.25, 0.3) is 0 Å². The van der Waals surface area contributed by atoms with E-state index in [1.165, 1.54) is 20.2 Å². The molecule has 0 aromatic heterocycles. The Kier molecular flexibility index (Phi) is 5.70. The molecule has 0 saturated carbocycles. The van der Waals surface area contributed by atoms with Gasteiger partial charge in [-0.3, -0.25) is 4.79 Å². The Morgan fingerprint density at radius 1 is 1.21 bits per heavy atom. The van der Waals surface area contributed by atoms with E-state index in [9.17, 15) is 13.2 Å². The molecule has 2 aromatic rings. The number of aryl methyl sites for hydroxylation is 1. The molecule has 0 saturated heterocycles. The fraction of sp³-hybridized carbons (Fsp3) is 0.350. The summed E-state index contributed by atoms with van der Waals surface area (Å²) in [7, 11) is -0.648. The maximum atomic E-state index is 12.8. The summed E-state index contributed by atoms with van der Waals surface area (Å²) in [5.74, 6) is 0.131. The van der Waals surface area contributed by atoms with Gasteiger partial charge in [-0.1, -0.05) is 11.6 Å². The van der Waals surface area contributed by atoms with Crippen molar-refractivity contribution in [1.29, 1.82) is 0 Å². The first-order valence-electron chi connectivity index (χ1n) is 8.85. The second-order valence-electron chi connectivity index (χ2n) is 7.15. The zero-order valence-electron chi connectivity index (χ0n) is 16.2. The zero-order chi connectivity index (χ0) is 20.6. The highest BCUT2D eigenvalue weighted by Gasteiger charge is 2.27. The first kappa shape index (κ1) is 20.6. The number of hydrogen-bond acceptors (Lipinski definition) is 4. The van der Waals surface area contributed by atoms with Crippen LogP contribution in [0.15, 0.2) is 35.2 Å². The maximum Gasteiger partial charge on any atom is 0.242 e. The SMILES string of the molecule is Cc1cc(S(=O)(=O)N(C)C)cc(NC(=O)C2COc3ccc(Cl)cc3C2)c1C. The van der Waals surface area contributed by atoms with Crippen LogP contribution in [0.5, 0.6) is 5.75 Å². The van der Waals surface area contributed by atoms with Crippen molar-refractivity contribution in [2.24, 2.45) is 5.92 Å². The molecule has 2 aromatic carbocycles. The normalized spacial score (nSPS) is 16.4. The Morgan fingerprint density at radius 3 is 2.61 bits per heavy atom. The van der Waals surface area contributed by atoms with Crippen molar-refractivity contribution in [3.63, 3.8) is 0 Å². The Morgan fingerprint density at radius 2 is 1.93 bits per heavy atom. The number of hydrogen-bond donors (Lipinski definition) is 1. The molecular weight excluding hydrogens is 400 g/mol. The number of anilines is 1. The summed E-state index contributed by atoms with van der Waals surface area (Å²) < 4.78 is 31.8. The van der Waals surface area contributed by atoms with E-state index in [0.29, 0.717) is 17.1 Å². The molecule has 0 fully saturated rings. The summed E-state index contributed by atoms with van der Waals surface area (Å²) in [6.45, 7) is 3.93.